The normalized spacial score (nSPS) is 15.6. The van der Waals surface area contributed by atoms with Crippen molar-refractivity contribution in [2.45, 2.75) is 30.4 Å². The lowest BCUT2D eigenvalue weighted by Gasteiger charge is -2.34. The molecule has 1 aliphatic heterocycles. The first-order valence-corrected chi connectivity index (χ1v) is 11.6. The monoisotopic (exact) mass is 422 g/mol. The van der Waals surface area contributed by atoms with Crippen molar-refractivity contribution in [2.24, 2.45) is 0 Å². The highest BCUT2D eigenvalue weighted by atomic mass is 32.2. The Morgan fingerprint density at radius 1 is 0.967 bits per heavy atom. The molecule has 0 spiro atoms. The van der Waals surface area contributed by atoms with Gasteiger partial charge in [0.05, 0.1) is 17.0 Å². The molecule has 3 aromatic carbocycles. The van der Waals surface area contributed by atoms with Crippen LogP contribution in [0.5, 0.6) is 0 Å². The van der Waals surface area contributed by atoms with E-state index in [0.717, 1.165) is 29.8 Å². The summed E-state index contributed by atoms with van der Waals surface area (Å²) in [4.78, 5) is 2.37. The molecule has 2 N–H and O–H groups in total. The second-order valence-corrected chi connectivity index (χ2v) is 9.43. The number of para-hydroxylation sites is 1. The number of aliphatic hydroxyl groups excluding tert-OH is 1. The summed E-state index contributed by atoms with van der Waals surface area (Å²) in [6.45, 7) is 2.61. The number of fused-ring (bicyclic) bond motifs is 1. The van der Waals surface area contributed by atoms with Crippen LogP contribution in [0.3, 0.4) is 0 Å². The van der Waals surface area contributed by atoms with Crippen LogP contribution >= 0.6 is 0 Å². The lowest BCUT2D eigenvalue weighted by atomic mass is 9.99. The van der Waals surface area contributed by atoms with Gasteiger partial charge in [-0.3, -0.25) is 0 Å². The van der Waals surface area contributed by atoms with E-state index in [1.54, 1.807) is 24.3 Å². The summed E-state index contributed by atoms with van der Waals surface area (Å²) in [5.74, 6) is 0. The van der Waals surface area contributed by atoms with Crippen molar-refractivity contribution in [1.29, 1.82) is 0 Å². The summed E-state index contributed by atoms with van der Waals surface area (Å²) in [7, 11) is -3.70. The zero-order chi connectivity index (χ0) is 21.1. The van der Waals surface area contributed by atoms with Crippen LogP contribution in [-0.2, 0) is 16.4 Å². The third-order valence-electron chi connectivity index (χ3n) is 5.58. The Morgan fingerprint density at radius 3 is 2.37 bits per heavy atom. The average molecular weight is 423 g/mol. The van der Waals surface area contributed by atoms with Gasteiger partial charge in [0.25, 0.3) is 0 Å². The molecule has 1 aliphatic rings. The number of nitrogens with zero attached hydrogens (tertiary/aromatic N) is 1. The van der Waals surface area contributed by atoms with E-state index in [9.17, 15) is 13.5 Å². The van der Waals surface area contributed by atoms with Gasteiger partial charge in [-0.15, -0.1) is 0 Å². The molecule has 3 aromatic rings. The van der Waals surface area contributed by atoms with E-state index in [1.165, 1.54) is 5.56 Å². The van der Waals surface area contributed by atoms with Crippen molar-refractivity contribution in [2.75, 3.05) is 18.0 Å². The molecular formula is C24H26N2O3S. The molecule has 0 aromatic heterocycles. The minimum absolute atomic E-state index is 0.0750. The molecule has 0 aliphatic carbocycles. The molecular weight excluding hydrogens is 396 g/mol. The van der Waals surface area contributed by atoms with Crippen LogP contribution in [0.2, 0.25) is 0 Å². The van der Waals surface area contributed by atoms with Crippen molar-refractivity contribution < 1.29 is 13.5 Å². The molecule has 0 radical (unpaired) electrons. The lowest BCUT2D eigenvalue weighted by molar-refractivity contribution is 0.145. The van der Waals surface area contributed by atoms with Crippen LogP contribution in [-0.4, -0.2) is 32.7 Å². The molecule has 1 heterocycles. The molecule has 2 unspecified atom stereocenters. The number of anilines is 1. The first-order chi connectivity index (χ1) is 14.5. The van der Waals surface area contributed by atoms with Crippen molar-refractivity contribution >= 4 is 15.7 Å². The number of hydrogen-bond donors (Lipinski definition) is 2. The van der Waals surface area contributed by atoms with E-state index >= 15 is 0 Å². The van der Waals surface area contributed by atoms with E-state index in [0.29, 0.717) is 0 Å². The Hall–Kier alpha value is -2.67. The van der Waals surface area contributed by atoms with Crippen LogP contribution in [0, 0.1) is 6.92 Å². The van der Waals surface area contributed by atoms with Crippen LogP contribution in [0.25, 0.3) is 0 Å². The van der Waals surface area contributed by atoms with Crippen molar-refractivity contribution in [1.82, 2.24) is 4.72 Å². The highest BCUT2D eigenvalue weighted by molar-refractivity contribution is 7.89. The second kappa shape index (κ2) is 8.60. The number of nitrogens with one attached hydrogen (secondary N) is 1. The Balaban J connectivity index is 1.58. The number of benzene rings is 3. The zero-order valence-electron chi connectivity index (χ0n) is 16.9. The Labute approximate surface area is 178 Å². The van der Waals surface area contributed by atoms with Gasteiger partial charge >= 0.3 is 0 Å². The van der Waals surface area contributed by atoms with Crippen LogP contribution in [0.15, 0.2) is 83.8 Å². The zero-order valence-corrected chi connectivity index (χ0v) is 17.7. The Morgan fingerprint density at radius 2 is 1.63 bits per heavy atom. The summed E-state index contributed by atoms with van der Waals surface area (Å²) in [5.41, 5.74) is 4.28. The first kappa shape index (κ1) is 20.6. The third kappa shape index (κ3) is 4.26. The van der Waals surface area contributed by atoms with Gasteiger partial charge in [0.1, 0.15) is 0 Å². The third-order valence-corrected chi connectivity index (χ3v) is 7.02. The van der Waals surface area contributed by atoms with Gasteiger partial charge in [-0.05, 0) is 42.7 Å². The minimum atomic E-state index is -3.70. The van der Waals surface area contributed by atoms with Gasteiger partial charge < -0.3 is 10.0 Å². The van der Waals surface area contributed by atoms with Crippen molar-refractivity contribution in [3.8, 4) is 0 Å². The van der Waals surface area contributed by atoms with E-state index in [2.05, 4.69) is 21.8 Å². The van der Waals surface area contributed by atoms with Gasteiger partial charge in [0, 0.05) is 18.8 Å². The molecule has 4 rings (SSSR count). The summed E-state index contributed by atoms with van der Waals surface area (Å²) in [6.07, 6.45) is -0.0137. The Kier molecular flexibility index (Phi) is 5.90. The predicted molar refractivity (Wildman–Crippen MR) is 119 cm³/mol. The second-order valence-electron chi connectivity index (χ2n) is 7.66. The molecule has 5 nitrogen and oxygen atoms in total. The van der Waals surface area contributed by atoms with Gasteiger partial charge in [-0.25, -0.2) is 13.1 Å². The van der Waals surface area contributed by atoms with Crippen LogP contribution in [0.1, 0.15) is 22.7 Å². The molecule has 0 amide bonds. The molecule has 6 heteroatoms. The van der Waals surface area contributed by atoms with Gasteiger partial charge in [0.15, 0.2) is 0 Å². The number of rotatable bonds is 7. The highest BCUT2D eigenvalue weighted by Crippen LogP contribution is 2.36. The molecule has 0 saturated carbocycles. The summed E-state index contributed by atoms with van der Waals surface area (Å²) in [5, 5.41) is 11.1. The average Bonchev–Trinajstić information content (AvgIpc) is 3.18. The molecule has 0 fully saturated rings. The molecule has 0 bridgehead atoms. The van der Waals surface area contributed by atoms with Crippen LogP contribution < -0.4 is 9.62 Å². The highest BCUT2D eigenvalue weighted by Gasteiger charge is 2.32. The topological polar surface area (TPSA) is 69.6 Å². The smallest absolute Gasteiger partial charge is 0.240 e. The standard InChI is InChI=1S/C24H26N2O3S/c1-18-11-13-21(14-12-18)30(28,29)25-17-23(27)24(20-8-3-2-4-9-20)26-16-15-19-7-5-6-10-22(19)26/h2-14,23-25,27H,15-17H2,1H3. The van der Waals surface area contributed by atoms with Crippen molar-refractivity contribution in [3.05, 3.63) is 95.6 Å². The molecule has 156 valence electrons. The van der Waals surface area contributed by atoms with E-state index in [-0.39, 0.29) is 17.5 Å². The maximum absolute atomic E-state index is 12.7. The summed E-state index contributed by atoms with van der Waals surface area (Å²) < 4.78 is 28.0. The maximum atomic E-state index is 12.7. The quantitative estimate of drug-likeness (QED) is 0.612. The number of aryl methyl sites for hydroxylation is 1. The minimum Gasteiger partial charge on any atom is -0.389 e. The van der Waals surface area contributed by atoms with Gasteiger partial charge in [-0.1, -0.05) is 66.2 Å². The van der Waals surface area contributed by atoms with Gasteiger partial charge in [0.2, 0.25) is 10.0 Å². The molecule has 30 heavy (non-hydrogen) atoms. The van der Waals surface area contributed by atoms with Crippen molar-refractivity contribution in [3.63, 3.8) is 0 Å². The maximum Gasteiger partial charge on any atom is 0.240 e. The Bertz CT molecular complexity index is 1100. The van der Waals surface area contributed by atoms with E-state index in [1.807, 2.05) is 49.4 Å². The van der Waals surface area contributed by atoms with Gasteiger partial charge in [-0.2, -0.15) is 0 Å². The number of hydrogen-bond acceptors (Lipinski definition) is 4. The largest absolute Gasteiger partial charge is 0.389 e. The fourth-order valence-corrected chi connectivity index (χ4v) is 5.07. The predicted octanol–water partition coefficient (Wildman–Crippen LogP) is 3.44. The van der Waals surface area contributed by atoms with E-state index in [4.69, 9.17) is 0 Å². The first-order valence-electron chi connectivity index (χ1n) is 10.1. The number of sulfonamides is 1. The molecule has 0 saturated heterocycles. The molecule has 2 atom stereocenters. The number of aliphatic hydroxyl groups is 1. The summed E-state index contributed by atoms with van der Waals surface area (Å²) >= 11 is 0. The SMILES string of the molecule is Cc1ccc(S(=O)(=O)NCC(O)C(c2ccccc2)N2CCc3ccccc32)cc1. The fourth-order valence-electron chi connectivity index (χ4n) is 4.02. The lowest BCUT2D eigenvalue weighted by Crippen LogP contribution is -2.42. The van der Waals surface area contributed by atoms with Crippen LogP contribution in [0.4, 0.5) is 5.69 Å². The van der Waals surface area contributed by atoms with E-state index < -0.39 is 16.1 Å². The summed E-state index contributed by atoms with van der Waals surface area (Å²) in [6, 6.07) is 24.3. The fraction of sp³-hybridized carbons (Fsp3) is 0.250.